The molecule has 1 unspecified atom stereocenters. The van der Waals surface area contributed by atoms with Gasteiger partial charge in [0, 0.05) is 12.7 Å². The molecule has 1 saturated heterocycles. The summed E-state index contributed by atoms with van der Waals surface area (Å²) in [4.78, 5) is 40.7. The highest BCUT2D eigenvalue weighted by atomic mass is 16.2. The minimum absolute atomic E-state index is 0.302. The number of hydrogen-bond donors (Lipinski definition) is 1. The van der Waals surface area contributed by atoms with Crippen LogP contribution in [0.15, 0.2) is 54.6 Å². The molecule has 1 atom stereocenters. The second kappa shape index (κ2) is 7.23. The van der Waals surface area contributed by atoms with Crippen molar-refractivity contribution in [3.63, 3.8) is 0 Å². The summed E-state index contributed by atoms with van der Waals surface area (Å²) >= 11 is 0. The van der Waals surface area contributed by atoms with Gasteiger partial charge in [0.1, 0.15) is 12.1 Å². The highest BCUT2D eigenvalue weighted by Crippen LogP contribution is 2.32. The quantitative estimate of drug-likeness (QED) is 0.829. The van der Waals surface area contributed by atoms with E-state index in [1.807, 2.05) is 68.4 Å². The van der Waals surface area contributed by atoms with Gasteiger partial charge in [-0.15, -0.1) is 0 Å². The van der Waals surface area contributed by atoms with E-state index in [9.17, 15) is 14.4 Å². The summed E-state index contributed by atoms with van der Waals surface area (Å²) in [6.07, 6.45) is 0.403. The first-order valence-electron chi connectivity index (χ1n) is 8.92. The van der Waals surface area contributed by atoms with E-state index in [4.69, 9.17) is 0 Å². The topological polar surface area (TPSA) is 69.7 Å². The van der Waals surface area contributed by atoms with Crippen molar-refractivity contribution in [1.82, 2.24) is 10.2 Å². The van der Waals surface area contributed by atoms with Crippen molar-refractivity contribution < 1.29 is 14.4 Å². The fourth-order valence-electron chi connectivity index (χ4n) is 3.29. The smallest absolute Gasteiger partial charge is 0.319 e. The third-order valence-corrected chi connectivity index (χ3v) is 5.06. The van der Waals surface area contributed by atoms with E-state index in [1.165, 1.54) is 4.90 Å². The highest BCUT2D eigenvalue weighted by molar-refractivity contribution is 6.10. The zero-order valence-electron chi connectivity index (χ0n) is 15.7. The first-order chi connectivity index (χ1) is 12.9. The number of carbonyl (C=O) groups excluding carboxylic acids is 3. The van der Waals surface area contributed by atoms with Gasteiger partial charge in [-0.2, -0.15) is 0 Å². The van der Waals surface area contributed by atoms with Crippen LogP contribution in [-0.2, 0) is 15.1 Å². The number of imide groups is 1. The van der Waals surface area contributed by atoms with Crippen molar-refractivity contribution in [3.05, 3.63) is 65.7 Å². The van der Waals surface area contributed by atoms with Gasteiger partial charge in [0.15, 0.2) is 0 Å². The third-order valence-electron chi connectivity index (χ3n) is 5.06. The van der Waals surface area contributed by atoms with Crippen LogP contribution < -0.4 is 10.2 Å². The first kappa shape index (κ1) is 18.6. The molecule has 4 amide bonds. The Balaban J connectivity index is 1.81. The number of amides is 4. The molecule has 0 aromatic heterocycles. The van der Waals surface area contributed by atoms with E-state index < -0.39 is 17.5 Å². The second-order valence-corrected chi connectivity index (χ2v) is 6.73. The maximum Gasteiger partial charge on any atom is 0.325 e. The molecule has 2 aromatic rings. The van der Waals surface area contributed by atoms with Gasteiger partial charge in [-0.3, -0.25) is 14.5 Å². The van der Waals surface area contributed by atoms with Gasteiger partial charge in [-0.05, 0) is 31.0 Å². The number of likely N-dealkylation sites (N-methyl/N-ethyl adjacent to an activating group) is 1. The summed E-state index contributed by atoms with van der Waals surface area (Å²) in [6, 6.07) is 16.1. The van der Waals surface area contributed by atoms with Crippen molar-refractivity contribution in [2.75, 3.05) is 18.5 Å². The molecule has 1 heterocycles. The normalized spacial score (nSPS) is 19.1. The standard InChI is InChI=1S/C21H23N3O3/c1-4-21(16-8-6-5-7-9-16)19(26)24(20(27)22-21)14-18(25)23(3)17-12-10-15(2)11-13-17/h5-13H,4,14H2,1-3H3,(H,22,27). The Morgan fingerprint density at radius 2 is 1.70 bits per heavy atom. The minimum atomic E-state index is -1.12. The number of urea groups is 1. The van der Waals surface area contributed by atoms with Crippen LogP contribution in [0.3, 0.4) is 0 Å². The SMILES string of the molecule is CCC1(c2ccccc2)NC(=O)N(CC(=O)N(C)c2ccc(C)cc2)C1=O. The lowest BCUT2D eigenvalue weighted by Crippen LogP contribution is -2.45. The summed E-state index contributed by atoms with van der Waals surface area (Å²) < 4.78 is 0. The molecule has 1 N–H and O–H groups in total. The van der Waals surface area contributed by atoms with E-state index >= 15 is 0 Å². The Morgan fingerprint density at radius 1 is 1.07 bits per heavy atom. The number of anilines is 1. The predicted octanol–water partition coefficient (Wildman–Crippen LogP) is 2.82. The molecule has 1 fully saturated rings. The molecule has 6 nitrogen and oxygen atoms in total. The van der Waals surface area contributed by atoms with Crippen LogP contribution in [0.5, 0.6) is 0 Å². The molecule has 0 aliphatic carbocycles. The average Bonchev–Trinajstić information content (AvgIpc) is 2.93. The van der Waals surface area contributed by atoms with Crippen LogP contribution in [0, 0.1) is 6.92 Å². The predicted molar refractivity (Wildman–Crippen MR) is 103 cm³/mol. The number of rotatable bonds is 5. The number of aryl methyl sites for hydroxylation is 1. The number of nitrogens with one attached hydrogen (secondary N) is 1. The van der Waals surface area contributed by atoms with Crippen molar-refractivity contribution in [1.29, 1.82) is 0 Å². The van der Waals surface area contributed by atoms with E-state index in [2.05, 4.69) is 5.32 Å². The Bertz CT molecular complexity index is 864. The van der Waals surface area contributed by atoms with Crippen molar-refractivity contribution >= 4 is 23.5 Å². The third kappa shape index (κ3) is 3.30. The molecule has 27 heavy (non-hydrogen) atoms. The van der Waals surface area contributed by atoms with Crippen molar-refractivity contribution in [2.45, 2.75) is 25.8 Å². The lowest BCUT2D eigenvalue weighted by atomic mass is 9.87. The van der Waals surface area contributed by atoms with E-state index in [0.717, 1.165) is 10.5 Å². The molecule has 0 radical (unpaired) electrons. The monoisotopic (exact) mass is 365 g/mol. The molecule has 2 aromatic carbocycles. The molecule has 140 valence electrons. The second-order valence-electron chi connectivity index (χ2n) is 6.73. The summed E-state index contributed by atoms with van der Waals surface area (Å²) in [5, 5.41) is 2.79. The molecule has 1 aliphatic heterocycles. The summed E-state index contributed by atoms with van der Waals surface area (Å²) in [6.45, 7) is 3.51. The fraction of sp³-hybridized carbons (Fsp3) is 0.286. The Labute approximate surface area is 158 Å². The largest absolute Gasteiger partial charge is 0.325 e. The molecule has 0 spiro atoms. The van der Waals surface area contributed by atoms with Crippen LogP contribution >= 0.6 is 0 Å². The zero-order chi connectivity index (χ0) is 19.6. The van der Waals surface area contributed by atoms with Crippen LogP contribution in [-0.4, -0.2) is 36.3 Å². The van der Waals surface area contributed by atoms with Gasteiger partial charge < -0.3 is 10.2 Å². The molecule has 3 rings (SSSR count). The zero-order valence-corrected chi connectivity index (χ0v) is 15.7. The number of hydrogen-bond acceptors (Lipinski definition) is 3. The van der Waals surface area contributed by atoms with Crippen molar-refractivity contribution in [2.24, 2.45) is 0 Å². The lowest BCUT2D eigenvalue weighted by Gasteiger charge is -2.26. The van der Waals surface area contributed by atoms with Crippen LogP contribution in [0.2, 0.25) is 0 Å². The van der Waals surface area contributed by atoms with Gasteiger partial charge >= 0.3 is 6.03 Å². The van der Waals surface area contributed by atoms with Crippen LogP contribution in [0.4, 0.5) is 10.5 Å². The van der Waals surface area contributed by atoms with Crippen LogP contribution in [0.25, 0.3) is 0 Å². The Kier molecular flexibility index (Phi) is 4.99. The Morgan fingerprint density at radius 3 is 2.30 bits per heavy atom. The van der Waals surface area contributed by atoms with E-state index in [1.54, 1.807) is 7.05 Å². The van der Waals surface area contributed by atoms with Gasteiger partial charge in [-0.25, -0.2) is 4.79 Å². The number of nitrogens with zero attached hydrogens (tertiary/aromatic N) is 2. The molecular formula is C21H23N3O3. The van der Waals surface area contributed by atoms with E-state index in [-0.39, 0.29) is 12.5 Å². The Hall–Kier alpha value is -3.15. The van der Waals surface area contributed by atoms with Gasteiger partial charge in [0.25, 0.3) is 5.91 Å². The maximum atomic E-state index is 13.1. The maximum absolute atomic E-state index is 13.1. The molecule has 0 bridgehead atoms. The average molecular weight is 365 g/mol. The molecular weight excluding hydrogens is 342 g/mol. The van der Waals surface area contributed by atoms with Crippen LogP contribution in [0.1, 0.15) is 24.5 Å². The van der Waals surface area contributed by atoms with Gasteiger partial charge in [-0.1, -0.05) is 55.0 Å². The summed E-state index contributed by atoms with van der Waals surface area (Å²) in [5.41, 5.74) is 1.39. The molecule has 6 heteroatoms. The van der Waals surface area contributed by atoms with Gasteiger partial charge in [0.05, 0.1) is 0 Å². The number of carbonyl (C=O) groups is 3. The highest BCUT2D eigenvalue weighted by Gasteiger charge is 2.51. The van der Waals surface area contributed by atoms with Crippen molar-refractivity contribution in [3.8, 4) is 0 Å². The lowest BCUT2D eigenvalue weighted by molar-refractivity contribution is -0.134. The molecule has 1 aliphatic rings. The minimum Gasteiger partial charge on any atom is -0.319 e. The van der Waals surface area contributed by atoms with E-state index in [0.29, 0.717) is 17.7 Å². The molecule has 0 saturated carbocycles. The summed E-state index contributed by atoms with van der Waals surface area (Å²) in [7, 11) is 1.63. The van der Waals surface area contributed by atoms with Gasteiger partial charge in [0.2, 0.25) is 5.91 Å². The summed E-state index contributed by atoms with van der Waals surface area (Å²) in [5.74, 6) is -0.728. The fourth-order valence-corrected chi connectivity index (χ4v) is 3.29. The number of benzene rings is 2. The first-order valence-corrected chi connectivity index (χ1v) is 8.92.